The van der Waals surface area contributed by atoms with Crippen LogP contribution in [-0.2, 0) is 9.59 Å². The maximum absolute atomic E-state index is 12.2. The second-order valence-electron chi connectivity index (χ2n) is 3.94. The van der Waals surface area contributed by atoms with Gasteiger partial charge in [0.15, 0.2) is 5.75 Å². The molecule has 0 fully saturated rings. The van der Waals surface area contributed by atoms with E-state index in [1.165, 1.54) is 19.1 Å². The lowest BCUT2D eigenvalue weighted by Gasteiger charge is -2.14. The van der Waals surface area contributed by atoms with Crippen molar-refractivity contribution in [3.63, 3.8) is 0 Å². The Morgan fingerprint density at radius 3 is 2.50 bits per heavy atom. The maximum atomic E-state index is 12.2. The number of alkyl halides is 3. The first-order chi connectivity index (χ1) is 9.17. The molecule has 1 N–H and O–H groups in total. The molecule has 0 radical (unpaired) electrons. The molecule has 110 valence electrons. The van der Waals surface area contributed by atoms with Gasteiger partial charge in [0.05, 0.1) is 5.69 Å². The molecule has 1 rings (SSSR count). The quantitative estimate of drug-likeness (QED) is 0.878. The normalized spacial score (nSPS) is 11.1. The van der Waals surface area contributed by atoms with Crippen LogP contribution in [0.25, 0.3) is 0 Å². The molecular formula is C12H11BrF3NO3. The molecule has 4 nitrogen and oxygen atoms in total. The van der Waals surface area contributed by atoms with Crippen LogP contribution >= 0.6 is 15.9 Å². The summed E-state index contributed by atoms with van der Waals surface area (Å²) in [7, 11) is 0. The van der Waals surface area contributed by atoms with E-state index in [9.17, 15) is 22.8 Å². The number of halogens is 4. The minimum atomic E-state index is -4.86. The van der Waals surface area contributed by atoms with Gasteiger partial charge in [-0.25, -0.2) is 0 Å². The number of ketones is 1. The largest absolute Gasteiger partial charge is 0.573 e. The van der Waals surface area contributed by atoms with Gasteiger partial charge in [-0.15, -0.1) is 13.2 Å². The summed E-state index contributed by atoms with van der Waals surface area (Å²) in [5.41, 5.74) is -0.112. The third-order valence-corrected chi connectivity index (χ3v) is 2.64. The average Bonchev–Trinajstić information content (AvgIpc) is 2.28. The van der Waals surface area contributed by atoms with Crippen LogP contribution in [0.2, 0.25) is 0 Å². The number of Topliss-reactive ketones (excluding diaryl/α,β-unsaturated/α-hetero) is 1. The predicted octanol–water partition coefficient (Wildman–Crippen LogP) is 3.66. The molecule has 0 bridgehead atoms. The smallest absolute Gasteiger partial charge is 0.404 e. The lowest BCUT2D eigenvalue weighted by molar-refractivity contribution is -0.274. The number of hydrogen-bond acceptors (Lipinski definition) is 3. The molecule has 0 saturated heterocycles. The second-order valence-corrected chi connectivity index (χ2v) is 4.85. The minimum absolute atomic E-state index is 0.0256. The zero-order valence-corrected chi connectivity index (χ0v) is 12.0. The number of carbonyl (C=O) groups is 2. The third-order valence-electron chi connectivity index (χ3n) is 2.15. The van der Waals surface area contributed by atoms with Gasteiger partial charge < -0.3 is 14.8 Å². The third kappa shape index (κ3) is 6.05. The summed E-state index contributed by atoms with van der Waals surface area (Å²) in [5.74, 6) is -1.26. The van der Waals surface area contributed by atoms with Crippen molar-refractivity contribution < 1.29 is 27.5 Å². The van der Waals surface area contributed by atoms with E-state index in [0.717, 1.165) is 6.07 Å². The first-order valence-electron chi connectivity index (χ1n) is 5.52. The molecule has 0 aromatic heterocycles. The van der Waals surface area contributed by atoms with Crippen molar-refractivity contribution in [2.45, 2.75) is 26.1 Å². The van der Waals surface area contributed by atoms with Gasteiger partial charge in [0.2, 0.25) is 5.91 Å². The fourth-order valence-corrected chi connectivity index (χ4v) is 1.65. The zero-order valence-electron chi connectivity index (χ0n) is 10.4. The lowest BCUT2D eigenvalue weighted by Crippen LogP contribution is -2.19. The Labute approximate surface area is 121 Å². The number of benzene rings is 1. The van der Waals surface area contributed by atoms with Crippen molar-refractivity contribution in [2.75, 3.05) is 5.32 Å². The fraction of sp³-hybridized carbons (Fsp3) is 0.333. The maximum Gasteiger partial charge on any atom is 0.573 e. The Balaban J connectivity index is 2.83. The van der Waals surface area contributed by atoms with E-state index < -0.39 is 18.0 Å². The van der Waals surface area contributed by atoms with Crippen LogP contribution in [0.1, 0.15) is 19.8 Å². The fourth-order valence-electron chi connectivity index (χ4n) is 1.31. The van der Waals surface area contributed by atoms with Gasteiger partial charge in [-0.1, -0.05) is 15.9 Å². The van der Waals surface area contributed by atoms with Gasteiger partial charge in [-0.05, 0) is 25.1 Å². The molecule has 0 atom stereocenters. The molecule has 0 aliphatic heterocycles. The molecular weight excluding hydrogens is 343 g/mol. The van der Waals surface area contributed by atoms with E-state index in [4.69, 9.17) is 0 Å². The number of anilines is 1. The number of ether oxygens (including phenoxy) is 1. The molecule has 0 heterocycles. The first kappa shape index (κ1) is 16.5. The van der Waals surface area contributed by atoms with Gasteiger partial charge in [-0.3, -0.25) is 4.79 Å². The molecule has 0 aliphatic rings. The summed E-state index contributed by atoms with van der Waals surface area (Å²) < 4.78 is 41.0. The lowest BCUT2D eigenvalue weighted by atomic mass is 10.2. The van der Waals surface area contributed by atoms with Crippen LogP contribution in [0.3, 0.4) is 0 Å². The van der Waals surface area contributed by atoms with E-state index >= 15 is 0 Å². The summed E-state index contributed by atoms with van der Waals surface area (Å²) in [5, 5.41) is 2.28. The van der Waals surface area contributed by atoms with Crippen molar-refractivity contribution in [1.29, 1.82) is 0 Å². The highest BCUT2D eigenvalue weighted by atomic mass is 79.9. The number of nitrogens with one attached hydrogen (secondary N) is 1. The van der Waals surface area contributed by atoms with Crippen molar-refractivity contribution in [3.8, 4) is 5.75 Å². The Bertz CT molecular complexity index is 517. The molecule has 1 amide bonds. The molecule has 1 aromatic rings. The topological polar surface area (TPSA) is 55.4 Å². The Morgan fingerprint density at radius 1 is 1.30 bits per heavy atom. The van der Waals surface area contributed by atoms with Crippen molar-refractivity contribution in [3.05, 3.63) is 22.7 Å². The van der Waals surface area contributed by atoms with Gasteiger partial charge in [0, 0.05) is 17.3 Å². The molecule has 0 aliphatic carbocycles. The van der Waals surface area contributed by atoms with Crippen molar-refractivity contribution >= 4 is 33.3 Å². The van der Waals surface area contributed by atoms with E-state index in [2.05, 4.69) is 26.0 Å². The van der Waals surface area contributed by atoms with Crippen LogP contribution in [0.5, 0.6) is 5.75 Å². The highest BCUT2D eigenvalue weighted by Crippen LogP contribution is 2.33. The van der Waals surface area contributed by atoms with Gasteiger partial charge in [0.1, 0.15) is 5.78 Å². The summed E-state index contributed by atoms with van der Waals surface area (Å²) in [6, 6.07) is 3.83. The van der Waals surface area contributed by atoms with Gasteiger partial charge in [0.25, 0.3) is 0 Å². The minimum Gasteiger partial charge on any atom is -0.404 e. The molecule has 1 aromatic carbocycles. The van der Waals surface area contributed by atoms with Gasteiger partial charge >= 0.3 is 6.36 Å². The Morgan fingerprint density at radius 2 is 1.95 bits per heavy atom. The summed E-state index contributed by atoms with van der Waals surface area (Å²) in [6.45, 7) is 1.32. The van der Waals surface area contributed by atoms with E-state index in [-0.39, 0.29) is 24.3 Å². The molecule has 8 heteroatoms. The summed E-state index contributed by atoms with van der Waals surface area (Å²) >= 11 is 3.02. The number of carbonyl (C=O) groups excluding carboxylic acids is 2. The number of rotatable bonds is 5. The highest BCUT2D eigenvalue weighted by molar-refractivity contribution is 9.10. The molecule has 20 heavy (non-hydrogen) atoms. The SMILES string of the molecule is CC(=O)CCC(=O)Nc1ccc(Br)cc1OC(F)(F)F. The predicted molar refractivity (Wildman–Crippen MR) is 69.4 cm³/mol. The molecule has 0 unspecified atom stereocenters. The standard InChI is InChI=1S/C12H11BrF3NO3/c1-7(18)2-5-11(19)17-9-4-3-8(13)6-10(9)20-12(14,15)16/h3-4,6H,2,5H2,1H3,(H,17,19). The van der Waals surface area contributed by atoms with Crippen molar-refractivity contribution in [2.24, 2.45) is 0 Å². The highest BCUT2D eigenvalue weighted by Gasteiger charge is 2.32. The average molecular weight is 354 g/mol. The molecule has 0 spiro atoms. The van der Waals surface area contributed by atoms with Crippen molar-refractivity contribution in [1.82, 2.24) is 0 Å². The zero-order chi connectivity index (χ0) is 15.3. The monoisotopic (exact) mass is 353 g/mol. The Kier molecular flexibility index (Phi) is 5.55. The van der Waals surface area contributed by atoms with Crippen LogP contribution in [0.15, 0.2) is 22.7 Å². The number of amides is 1. The van der Waals surface area contributed by atoms with Crippen LogP contribution in [0, 0.1) is 0 Å². The van der Waals surface area contributed by atoms with Crippen LogP contribution < -0.4 is 10.1 Å². The van der Waals surface area contributed by atoms with Crippen LogP contribution in [-0.4, -0.2) is 18.1 Å². The second kappa shape index (κ2) is 6.74. The van der Waals surface area contributed by atoms with E-state index in [1.54, 1.807) is 0 Å². The van der Waals surface area contributed by atoms with Gasteiger partial charge in [-0.2, -0.15) is 0 Å². The van der Waals surface area contributed by atoms with E-state index in [1.807, 2.05) is 0 Å². The summed E-state index contributed by atoms with van der Waals surface area (Å²) in [4.78, 5) is 22.2. The van der Waals surface area contributed by atoms with Crippen LogP contribution in [0.4, 0.5) is 18.9 Å². The molecule has 0 saturated carbocycles. The summed E-state index contributed by atoms with van der Waals surface area (Å²) in [6.07, 6.45) is -4.94. The van der Waals surface area contributed by atoms with E-state index in [0.29, 0.717) is 4.47 Å². The Hall–Kier alpha value is -1.57. The number of hydrogen-bond donors (Lipinski definition) is 1. The first-order valence-corrected chi connectivity index (χ1v) is 6.31.